The van der Waals surface area contributed by atoms with Gasteiger partial charge in [-0.1, -0.05) is 47.5 Å². The first kappa shape index (κ1) is 22.8. The third-order valence-corrected chi connectivity index (χ3v) is 7.84. The van der Waals surface area contributed by atoms with E-state index < -0.39 is 10.0 Å². The molecule has 0 saturated carbocycles. The minimum atomic E-state index is -3.42. The maximum Gasteiger partial charge on any atom is 0.223 e. The largest absolute Gasteiger partial charge is 0.349 e. The molecule has 5 nitrogen and oxygen atoms in total. The van der Waals surface area contributed by atoms with Crippen LogP contribution in [-0.2, 0) is 20.6 Å². The molecule has 1 saturated heterocycles. The van der Waals surface area contributed by atoms with Crippen LogP contribution in [0.25, 0.3) is 0 Å². The minimum absolute atomic E-state index is 0.00171. The van der Waals surface area contributed by atoms with Gasteiger partial charge in [0.25, 0.3) is 0 Å². The SMILES string of the molecule is Cc1ccc(C)c(C(C)NC(=O)C2CCN(S(=O)(=O)Cc3ccc(Cl)cc3)CC2)c1. The molecular weight excluding hydrogens is 420 g/mol. The number of benzene rings is 2. The zero-order valence-corrected chi connectivity index (χ0v) is 19.3. The fraction of sp³-hybridized carbons (Fsp3) is 0.435. The van der Waals surface area contributed by atoms with Gasteiger partial charge in [-0.05, 0) is 62.4 Å². The van der Waals surface area contributed by atoms with Gasteiger partial charge in [0.2, 0.25) is 15.9 Å². The molecule has 0 radical (unpaired) electrons. The van der Waals surface area contributed by atoms with Gasteiger partial charge < -0.3 is 5.32 Å². The predicted molar refractivity (Wildman–Crippen MR) is 121 cm³/mol. The zero-order chi connectivity index (χ0) is 21.9. The van der Waals surface area contributed by atoms with Gasteiger partial charge in [0, 0.05) is 24.0 Å². The van der Waals surface area contributed by atoms with Crippen LogP contribution in [0.2, 0.25) is 5.02 Å². The Balaban J connectivity index is 1.56. The van der Waals surface area contributed by atoms with Crippen LogP contribution in [0.4, 0.5) is 0 Å². The second-order valence-corrected chi connectivity index (χ2v) is 10.6. The van der Waals surface area contributed by atoms with Gasteiger partial charge in [-0.2, -0.15) is 0 Å². The number of aryl methyl sites for hydroxylation is 2. The van der Waals surface area contributed by atoms with E-state index in [-0.39, 0.29) is 23.6 Å². The highest BCUT2D eigenvalue weighted by molar-refractivity contribution is 7.88. The molecule has 7 heteroatoms. The number of nitrogens with zero attached hydrogens (tertiary/aromatic N) is 1. The summed E-state index contributed by atoms with van der Waals surface area (Å²) >= 11 is 5.87. The molecule has 1 heterocycles. The molecule has 2 aromatic rings. The third kappa shape index (κ3) is 5.62. The van der Waals surface area contributed by atoms with Gasteiger partial charge in [-0.3, -0.25) is 4.79 Å². The summed E-state index contributed by atoms with van der Waals surface area (Å²) in [4.78, 5) is 12.8. The van der Waals surface area contributed by atoms with Crippen LogP contribution in [0.3, 0.4) is 0 Å². The molecule has 162 valence electrons. The number of piperidine rings is 1. The van der Waals surface area contributed by atoms with Crippen molar-refractivity contribution in [2.45, 2.75) is 45.4 Å². The van der Waals surface area contributed by atoms with Crippen molar-refractivity contribution < 1.29 is 13.2 Å². The first-order valence-electron chi connectivity index (χ1n) is 10.3. The highest BCUT2D eigenvalue weighted by atomic mass is 35.5. The lowest BCUT2D eigenvalue weighted by Crippen LogP contribution is -2.43. The van der Waals surface area contributed by atoms with E-state index in [4.69, 9.17) is 11.6 Å². The van der Waals surface area contributed by atoms with Gasteiger partial charge in [0.1, 0.15) is 0 Å². The van der Waals surface area contributed by atoms with Crippen molar-refractivity contribution in [1.29, 1.82) is 0 Å². The molecular formula is C23H29ClN2O3S. The van der Waals surface area contributed by atoms with Crippen molar-refractivity contribution in [2.24, 2.45) is 5.92 Å². The summed E-state index contributed by atoms with van der Waals surface area (Å²) in [6.07, 6.45) is 1.07. The number of carbonyl (C=O) groups is 1. The van der Waals surface area contributed by atoms with E-state index in [1.165, 1.54) is 4.31 Å². The van der Waals surface area contributed by atoms with E-state index in [1.807, 2.05) is 20.8 Å². The molecule has 0 aromatic heterocycles. The van der Waals surface area contributed by atoms with Crippen LogP contribution < -0.4 is 5.32 Å². The Hall–Kier alpha value is -1.89. The molecule has 1 N–H and O–H groups in total. The number of amides is 1. The van der Waals surface area contributed by atoms with Crippen molar-refractivity contribution in [3.8, 4) is 0 Å². The second kappa shape index (κ2) is 9.50. The average molecular weight is 449 g/mol. The molecule has 1 aliphatic rings. The standard InChI is InChI=1S/C23H29ClN2O3S/c1-16-4-5-17(2)22(14-16)18(3)25-23(27)20-10-12-26(13-11-20)30(28,29)15-19-6-8-21(24)9-7-19/h4-9,14,18,20H,10-13,15H2,1-3H3,(H,25,27). The van der Waals surface area contributed by atoms with Crippen LogP contribution in [0.1, 0.15) is 48.1 Å². The number of hydrogen-bond donors (Lipinski definition) is 1. The van der Waals surface area contributed by atoms with E-state index in [0.29, 0.717) is 36.5 Å². The first-order valence-corrected chi connectivity index (χ1v) is 12.2. The Kier molecular flexibility index (Phi) is 7.22. The summed E-state index contributed by atoms with van der Waals surface area (Å²) in [5.74, 6) is -0.220. The molecule has 1 fully saturated rings. The summed E-state index contributed by atoms with van der Waals surface area (Å²) in [5.41, 5.74) is 4.14. The third-order valence-electron chi connectivity index (χ3n) is 5.74. The molecule has 0 aliphatic carbocycles. The van der Waals surface area contributed by atoms with E-state index in [2.05, 4.69) is 23.5 Å². The van der Waals surface area contributed by atoms with Crippen LogP contribution >= 0.6 is 11.6 Å². The quantitative estimate of drug-likeness (QED) is 0.713. The van der Waals surface area contributed by atoms with Crippen molar-refractivity contribution in [3.05, 3.63) is 69.7 Å². The smallest absolute Gasteiger partial charge is 0.223 e. The van der Waals surface area contributed by atoms with Gasteiger partial charge in [-0.25, -0.2) is 12.7 Å². The van der Waals surface area contributed by atoms with Gasteiger partial charge in [0.05, 0.1) is 11.8 Å². The number of nitrogens with one attached hydrogen (secondary N) is 1. The molecule has 1 atom stereocenters. The first-order chi connectivity index (χ1) is 14.2. The van der Waals surface area contributed by atoms with Crippen LogP contribution in [-0.4, -0.2) is 31.7 Å². The Labute approximate surface area is 184 Å². The van der Waals surface area contributed by atoms with Crippen LogP contribution in [0, 0.1) is 19.8 Å². The molecule has 1 unspecified atom stereocenters. The minimum Gasteiger partial charge on any atom is -0.349 e. The van der Waals surface area contributed by atoms with Crippen molar-refractivity contribution >= 4 is 27.5 Å². The van der Waals surface area contributed by atoms with E-state index in [9.17, 15) is 13.2 Å². The summed E-state index contributed by atoms with van der Waals surface area (Å²) in [5, 5.41) is 3.69. The predicted octanol–water partition coefficient (Wildman–Crippen LogP) is 4.38. The lowest BCUT2D eigenvalue weighted by Gasteiger charge is -2.31. The number of hydrogen-bond acceptors (Lipinski definition) is 3. The van der Waals surface area contributed by atoms with E-state index >= 15 is 0 Å². The molecule has 30 heavy (non-hydrogen) atoms. The second-order valence-electron chi connectivity index (χ2n) is 8.15. The topological polar surface area (TPSA) is 66.5 Å². The highest BCUT2D eigenvalue weighted by Crippen LogP contribution is 2.24. The molecule has 3 rings (SSSR count). The van der Waals surface area contributed by atoms with E-state index in [1.54, 1.807) is 24.3 Å². The van der Waals surface area contributed by atoms with Crippen LogP contribution in [0.15, 0.2) is 42.5 Å². The maximum atomic E-state index is 12.8. The number of rotatable bonds is 6. The Bertz CT molecular complexity index is 998. The lowest BCUT2D eigenvalue weighted by molar-refractivity contribution is -0.126. The summed E-state index contributed by atoms with van der Waals surface area (Å²) < 4.78 is 27.0. The Morgan fingerprint density at radius 2 is 1.77 bits per heavy atom. The number of sulfonamides is 1. The average Bonchev–Trinajstić information content (AvgIpc) is 2.71. The fourth-order valence-electron chi connectivity index (χ4n) is 3.91. The van der Waals surface area contributed by atoms with Crippen LogP contribution in [0.5, 0.6) is 0 Å². The molecule has 0 bridgehead atoms. The van der Waals surface area contributed by atoms with Crippen molar-refractivity contribution in [3.63, 3.8) is 0 Å². The maximum absolute atomic E-state index is 12.8. The molecule has 1 aliphatic heterocycles. The fourth-order valence-corrected chi connectivity index (χ4v) is 5.60. The zero-order valence-electron chi connectivity index (χ0n) is 17.7. The summed E-state index contributed by atoms with van der Waals surface area (Å²) in [7, 11) is -3.42. The number of carbonyl (C=O) groups excluding carboxylic acids is 1. The number of halogens is 1. The lowest BCUT2D eigenvalue weighted by atomic mass is 9.95. The van der Waals surface area contributed by atoms with Gasteiger partial charge >= 0.3 is 0 Å². The summed E-state index contributed by atoms with van der Waals surface area (Å²) in [6.45, 7) is 6.81. The Morgan fingerprint density at radius 3 is 2.40 bits per heavy atom. The molecule has 1 amide bonds. The van der Waals surface area contributed by atoms with Crippen molar-refractivity contribution in [2.75, 3.05) is 13.1 Å². The van der Waals surface area contributed by atoms with E-state index in [0.717, 1.165) is 16.7 Å². The molecule has 0 spiro atoms. The van der Waals surface area contributed by atoms with Gasteiger partial charge in [-0.15, -0.1) is 0 Å². The summed E-state index contributed by atoms with van der Waals surface area (Å²) in [6, 6.07) is 13.0. The molecule has 2 aromatic carbocycles. The van der Waals surface area contributed by atoms with Crippen molar-refractivity contribution in [1.82, 2.24) is 9.62 Å². The normalized spacial score (nSPS) is 16.9. The highest BCUT2D eigenvalue weighted by Gasteiger charge is 2.31. The Morgan fingerprint density at radius 1 is 1.13 bits per heavy atom. The monoisotopic (exact) mass is 448 g/mol. The van der Waals surface area contributed by atoms with Gasteiger partial charge in [0.15, 0.2) is 0 Å².